The molecule has 0 spiro atoms. The van der Waals surface area contributed by atoms with E-state index in [1.165, 1.54) is 11.3 Å². The van der Waals surface area contributed by atoms with E-state index >= 15 is 0 Å². The number of hydrogen-bond donors (Lipinski definition) is 2. The average Bonchev–Trinajstić information content (AvgIpc) is 2.54. The molecule has 72 valence electrons. The third kappa shape index (κ3) is 1.89. The lowest BCUT2D eigenvalue weighted by Crippen LogP contribution is -2.39. The fourth-order valence-corrected chi connectivity index (χ4v) is 1.93. The quantitative estimate of drug-likeness (QED) is 0.776. The molecule has 13 heavy (non-hydrogen) atoms. The lowest BCUT2D eigenvalue weighted by molar-refractivity contribution is -0.150. The maximum Gasteiger partial charge on any atom is 0.333 e. The first-order valence-electron chi connectivity index (χ1n) is 3.90. The van der Waals surface area contributed by atoms with Gasteiger partial charge in [-0.1, -0.05) is 13.8 Å². The van der Waals surface area contributed by atoms with Crippen LogP contribution in [0.5, 0.6) is 0 Å². The Morgan fingerprint density at radius 1 is 1.62 bits per heavy atom. The van der Waals surface area contributed by atoms with E-state index in [2.05, 4.69) is 0 Å². The summed E-state index contributed by atoms with van der Waals surface area (Å²) in [6.07, 6.45) is -1.36. The molecule has 1 heterocycles. The summed E-state index contributed by atoms with van der Waals surface area (Å²) in [4.78, 5) is 10.6. The molecule has 1 rings (SSSR count). The Morgan fingerprint density at radius 3 is 2.62 bits per heavy atom. The van der Waals surface area contributed by atoms with Crippen LogP contribution in [0.2, 0.25) is 0 Å². The number of hydrogen-bond acceptors (Lipinski definition) is 3. The van der Waals surface area contributed by atoms with Gasteiger partial charge in [0, 0.05) is 5.41 Å². The highest BCUT2D eigenvalue weighted by Crippen LogP contribution is 2.28. The minimum atomic E-state index is -1.36. The van der Waals surface area contributed by atoms with E-state index in [1.807, 2.05) is 16.8 Å². The van der Waals surface area contributed by atoms with E-state index in [4.69, 9.17) is 5.11 Å². The van der Waals surface area contributed by atoms with Crippen molar-refractivity contribution in [1.29, 1.82) is 0 Å². The van der Waals surface area contributed by atoms with Gasteiger partial charge in [0.2, 0.25) is 0 Å². The molecule has 2 N–H and O–H groups in total. The zero-order chi connectivity index (χ0) is 10.1. The van der Waals surface area contributed by atoms with Crippen LogP contribution in [-0.4, -0.2) is 22.3 Å². The smallest absolute Gasteiger partial charge is 0.333 e. The van der Waals surface area contributed by atoms with Crippen LogP contribution in [0.25, 0.3) is 0 Å². The number of carboxylic acids is 1. The summed E-state index contributed by atoms with van der Waals surface area (Å²) < 4.78 is 0. The highest BCUT2D eigenvalue weighted by Gasteiger charge is 2.35. The van der Waals surface area contributed by atoms with Crippen molar-refractivity contribution in [3.05, 3.63) is 22.4 Å². The molecule has 0 saturated carbocycles. The van der Waals surface area contributed by atoms with Gasteiger partial charge in [0.05, 0.1) is 0 Å². The van der Waals surface area contributed by atoms with E-state index in [1.54, 1.807) is 13.8 Å². The molecule has 0 amide bonds. The van der Waals surface area contributed by atoms with Gasteiger partial charge in [-0.05, 0) is 22.4 Å². The number of aliphatic carboxylic acids is 1. The second-order valence-corrected chi connectivity index (χ2v) is 4.25. The highest BCUT2D eigenvalue weighted by atomic mass is 32.1. The van der Waals surface area contributed by atoms with Gasteiger partial charge in [-0.2, -0.15) is 11.3 Å². The monoisotopic (exact) mass is 200 g/mol. The fourth-order valence-electron chi connectivity index (χ4n) is 1.10. The summed E-state index contributed by atoms with van der Waals surface area (Å²) in [5, 5.41) is 21.8. The van der Waals surface area contributed by atoms with Crippen LogP contribution in [-0.2, 0) is 10.2 Å². The molecular formula is C9H12O3S. The molecule has 1 unspecified atom stereocenters. The van der Waals surface area contributed by atoms with Crippen molar-refractivity contribution >= 4 is 17.3 Å². The van der Waals surface area contributed by atoms with Crippen LogP contribution in [0, 0.1) is 0 Å². The first-order chi connectivity index (χ1) is 5.96. The van der Waals surface area contributed by atoms with Crippen LogP contribution in [0.1, 0.15) is 19.4 Å². The van der Waals surface area contributed by atoms with Gasteiger partial charge in [0.15, 0.2) is 6.10 Å². The summed E-state index contributed by atoms with van der Waals surface area (Å²) in [5.41, 5.74) is 0.124. The van der Waals surface area contributed by atoms with E-state index in [0.717, 1.165) is 5.56 Å². The van der Waals surface area contributed by atoms with Crippen LogP contribution < -0.4 is 0 Å². The van der Waals surface area contributed by atoms with Gasteiger partial charge in [-0.3, -0.25) is 0 Å². The molecule has 0 saturated heterocycles. The first-order valence-corrected chi connectivity index (χ1v) is 4.84. The van der Waals surface area contributed by atoms with E-state index < -0.39 is 17.5 Å². The Bertz CT molecular complexity index is 290. The first kappa shape index (κ1) is 10.2. The molecule has 1 atom stereocenters. The Balaban J connectivity index is 2.95. The summed E-state index contributed by atoms with van der Waals surface area (Å²) >= 11 is 1.49. The largest absolute Gasteiger partial charge is 0.479 e. The molecule has 1 aromatic heterocycles. The minimum Gasteiger partial charge on any atom is -0.479 e. The molecule has 0 bridgehead atoms. The van der Waals surface area contributed by atoms with E-state index in [9.17, 15) is 9.90 Å². The number of aliphatic hydroxyl groups is 1. The zero-order valence-electron chi connectivity index (χ0n) is 7.52. The van der Waals surface area contributed by atoms with Crippen molar-refractivity contribution < 1.29 is 15.0 Å². The number of aliphatic hydroxyl groups excluding tert-OH is 1. The molecule has 0 aliphatic carbocycles. The predicted molar refractivity (Wildman–Crippen MR) is 51.0 cm³/mol. The maximum atomic E-state index is 10.6. The molecule has 4 heteroatoms. The van der Waals surface area contributed by atoms with Gasteiger partial charge in [-0.25, -0.2) is 4.79 Å². The van der Waals surface area contributed by atoms with E-state index in [0.29, 0.717) is 0 Å². The molecule has 0 aromatic carbocycles. The Kier molecular flexibility index (Phi) is 2.73. The Morgan fingerprint density at radius 2 is 2.23 bits per heavy atom. The van der Waals surface area contributed by atoms with Gasteiger partial charge in [0.25, 0.3) is 0 Å². The van der Waals surface area contributed by atoms with Gasteiger partial charge in [0.1, 0.15) is 0 Å². The Hall–Kier alpha value is -0.870. The van der Waals surface area contributed by atoms with E-state index in [-0.39, 0.29) is 0 Å². The van der Waals surface area contributed by atoms with Crippen molar-refractivity contribution in [2.75, 3.05) is 0 Å². The summed E-state index contributed by atoms with van der Waals surface area (Å²) in [6, 6.07) is 1.83. The average molecular weight is 200 g/mol. The molecule has 0 fully saturated rings. The predicted octanol–water partition coefficient (Wildman–Crippen LogP) is 1.47. The van der Waals surface area contributed by atoms with Crippen molar-refractivity contribution in [3.8, 4) is 0 Å². The maximum absolute atomic E-state index is 10.6. The number of thiophene rings is 1. The molecule has 1 aromatic rings. The topological polar surface area (TPSA) is 57.5 Å². The second kappa shape index (κ2) is 3.47. The normalized spacial score (nSPS) is 14.1. The SMILES string of the molecule is CC(C)(c1ccsc1)C(O)C(=O)O. The minimum absolute atomic E-state index is 0.730. The number of rotatable bonds is 3. The summed E-state index contributed by atoms with van der Waals surface area (Å²) in [6.45, 7) is 3.43. The molecule has 0 aliphatic heterocycles. The lowest BCUT2D eigenvalue weighted by Gasteiger charge is -2.26. The number of carboxylic acid groups (broad SMARTS) is 1. The van der Waals surface area contributed by atoms with Crippen molar-refractivity contribution in [2.24, 2.45) is 0 Å². The van der Waals surface area contributed by atoms with Gasteiger partial charge >= 0.3 is 5.97 Å². The standard InChI is InChI=1S/C9H12O3S/c1-9(2,7(10)8(11)12)6-3-4-13-5-6/h3-5,7,10H,1-2H3,(H,11,12). The van der Waals surface area contributed by atoms with Crippen LogP contribution in [0.3, 0.4) is 0 Å². The molecular weight excluding hydrogens is 188 g/mol. The van der Waals surface area contributed by atoms with Crippen molar-refractivity contribution in [3.63, 3.8) is 0 Å². The van der Waals surface area contributed by atoms with Gasteiger partial charge in [-0.15, -0.1) is 0 Å². The number of carbonyl (C=O) groups is 1. The second-order valence-electron chi connectivity index (χ2n) is 3.47. The van der Waals surface area contributed by atoms with Crippen molar-refractivity contribution in [2.45, 2.75) is 25.4 Å². The lowest BCUT2D eigenvalue weighted by atomic mass is 9.81. The van der Waals surface area contributed by atoms with Crippen LogP contribution >= 0.6 is 11.3 Å². The van der Waals surface area contributed by atoms with Crippen molar-refractivity contribution in [1.82, 2.24) is 0 Å². The fraction of sp³-hybridized carbons (Fsp3) is 0.444. The summed E-state index contributed by atoms with van der Waals surface area (Å²) in [7, 11) is 0. The molecule has 3 nitrogen and oxygen atoms in total. The third-order valence-corrected chi connectivity index (χ3v) is 2.87. The van der Waals surface area contributed by atoms with Gasteiger partial charge < -0.3 is 10.2 Å². The summed E-state index contributed by atoms with van der Waals surface area (Å²) in [5.74, 6) is -1.18. The molecule has 0 radical (unpaired) electrons. The highest BCUT2D eigenvalue weighted by molar-refractivity contribution is 7.08. The zero-order valence-corrected chi connectivity index (χ0v) is 8.34. The van der Waals surface area contributed by atoms with Crippen LogP contribution in [0.4, 0.5) is 0 Å². The Labute approximate surface area is 80.6 Å². The van der Waals surface area contributed by atoms with Crippen LogP contribution in [0.15, 0.2) is 16.8 Å². The molecule has 0 aliphatic rings. The third-order valence-electron chi connectivity index (χ3n) is 2.18.